The van der Waals surface area contributed by atoms with Gasteiger partial charge in [0.15, 0.2) is 9.84 Å². The highest BCUT2D eigenvalue weighted by Gasteiger charge is 2.35. The summed E-state index contributed by atoms with van der Waals surface area (Å²) in [6.07, 6.45) is 1.76. The van der Waals surface area contributed by atoms with Gasteiger partial charge < -0.3 is 5.32 Å². The van der Waals surface area contributed by atoms with Crippen LogP contribution in [0.25, 0.3) is 0 Å². The SMILES string of the molecule is CCCNC(c1sccc1Cl)C1CCS(=O)(=O)C1. The third kappa shape index (κ3) is 3.26. The quantitative estimate of drug-likeness (QED) is 0.910. The molecule has 1 saturated heterocycles. The van der Waals surface area contributed by atoms with E-state index in [4.69, 9.17) is 11.6 Å². The van der Waals surface area contributed by atoms with Gasteiger partial charge in [-0.1, -0.05) is 18.5 Å². The third-order valence-electron chi connectivity index (χ3n) is 3.28. The number of thiophene rings is 1. The molecular weight excluding hydrogens is 290 g/mol. The van der Waals surface area contributed by atoms with Gasteiger partial charge in [0.1, 0.15) is 0 Å². The van der Waals surface area contributed by atoms with Gasteiger partial charge in [-0.3, -0.25) is 0 Å². The lowest BCUT2D eigenvalue weighted by Crippen LogP contribution is -2.29. The average molecular weight is 308 g/mol. The Bertz CT molecular complexity index is 498. The second-order valence-corrected chi connectivity index (χ2v) is 8.31. The number of nitrogens with one attached hydrogen (secondary N) is 1. The normalized spacial score (nSPS) is 24.2. The topological polar surface area (TPSA) is 46.2 Å². The van der Waals surface area contributed by atoms with Crippen LogP contribution in [0, 0.1) is 5.92 Å². The second kappa shape index (κ2) is 5.90. The molecule has 0 bridgehead atoms. The summed E-state index contributed by atoms with van der Waals surface area (Å²) < 4.78 is 23.2. The Labute approximate surface area is 117 Å². The minimum Gasteiger partial charge on any atom is -0.309 e. The van der Waals surface area contributed by atoms with E-state index < -0.39 is 9.84 Å². The van der Waals surface area contributed by atoms with Gasteiger partial charge in [0.25, 0.3) is 0 Å². The second-order valence-electron chi connectivity index (χ2n) is 4.73. The fourth-order valence-electron chi connectivity index (χ4n) is 2.39. The van der Waals surface area contributed by atoms with Crippen LogP contribution in [0.4, 0.5) is 0 Å². The van der Waals surface area contributed by atoms with Crippen molar-refractivity contribution in [1.82, 2.24) is 5.32 Å². The van der Waals surface area contributed by atoms with E-state index in [1.165, 1.54) is 0 Å². The van der Waals surface area contributed by atoms with E-state index in [9.17, 15) is 8.42 Å². The number of sulfone groups is 1. The van der Waals surface area contributed by atoms with Gasteiger partial charge in [-0.2, -0.15) is 0 Å². The molecule has 3 nitrogen and oxygen atoms in total. The summed E-state index contributed by atoms with van der Waals surface area (Å²) in [5, 5.41) is 6.16. The van der Waals surface area contributed by atoms with E-state index in [2.05, 4.69) is 12.2 Å². The fraction of sp³-hybridized carbons (Fsp3) is 0.667. The molecular formula is C12H18ClNO2S2. The molecule has 2 heterocycles. The molecule has 0 aliphatic carbocycles. The average Bonchev–Trinajstić information content (AvgIpc) is 2.87. The third-order valence-corrected chi connectivity index (χ3v) is 6.52. The van der Waals surface area contributed by atoms with Gasteiger partial charge in [-0.05, 0) is 36.8 Å². The lowest BCUT2D eigenvalue weighted by molar-refractivity contribution is 0.398. The molecule has 0 aromatic carbocycles. The van der Waals surface area contributed by atoms with Gasteiger partial charge in [-0.15, -0.1) is 11.3 Å². The van der Waals surface area contributed by atoms with E-state index in [0.29, 0.717) is 5.75 Å². The summed E-state index contributed by atoms with van der Waals surface area (Å²) in [5.74, 6) is 0.741. The zero-order chi connectivity index (χ0) is 13.2. The van der Waals surface area contributed by atoms with Crippen LogP contribution in [0.1, 0.15) is 30.7 Å². The summed E-state index contributed by atoms with van der Waals surface area (Å²) in [7, 11) is -2.85. The zero-order valence-electron chi connectivity index (χ0n) is 10.4. The first-order valence-electron chi connectivity index (χ1n) is 6.20. The molecule has 102 valence electrons. The largest absolute Gasteiger partial charge is 0.309 e. The maximum atomic E-state index is 11.6. The Morgan fingerprint density at radius 3 is 2.89 bits per heavy atom. The highest BCUT2D eigenvalue weighted by molar-refractivity contribution is 7.91. The van der Waals surface area contributed by atoms with Crippen LogP contribution >= 0.6 is 22.9 Å². The first kappa shape index (κ1) is 14.3. The Kier molecular flexibility index (Phi) is 4.69. The highest BCUT2D eigenvalue weighted by Crippen LogP contribution is 2.37. The predicted octanol–water partition coefficient (Wildman–Crippen LogP) is 2.88. The summed E-state index contributed by atoms with van der Waals surface area (Å²) in [4.78, 5) is 1.08. The van der Waals surface area contributed by atoms with Crippen molar-refractivity contribution in [3.05, 3.63) is 21.3 Å². The van der Waals surface area contributed by atoms with Gasteiger partial charge in [0, 0.05) is 10.9 Å². The molecule has 0 spiro atoms. The van der Waals surface area contributed by atoms with E-state index in [1.54, 1.807) is 11.3 Å². The fourth-order valence-corrected chi connectivity index (χ4v) is 5.57. The number of hydrogen-bond acceptors (Lipinski definition) is 4. The van der Waals surface area contributed by atoms with Crippen molar-refractivity contribution >= 4 is 32.8 Å². The van der Waals surface area contributed by atoms with Crippen LogP contribution in [0.2, 0.25) is 5.02 Å². The van der Waals surface area contributed by atoms with Crippen molar-refractivity contribution in [2.24, 2.45) is 5.92 Å². The van der Waals surface area contributed by atoms with E-state index in [0.717, 1.165) is 29.3 Å². The van der Waals surface area contributed by atoms with Crippen molar-refractivity contribution in [2.75, 3.05) is 18.1 Å². The van der Waals surface area contributed by atoms with Crippen LogP contribution in [0.5, 0.6) is 0 Å². The monoisotopic (exact) mass is 307 g/mol. The van der Waals surface area contributed by atoms with Crippen molar-refractivity contribution in [3.63, 3.8) is 0 Å². The first-order chi connectivity index (χ1) is 8.53. The van der Waals surface area contributed by atoms with Crippen LogP contribution in [-0.2, 0) is 9.84 Å². The number of rotatable bonds is 5. The van der Waals surface area contributed by atoms with Crippen molar-refractivity contribution in [1.29, 1.82) is 0 Å². The summed E-state index contributed by atoms with van der Waals surface area (Å²) in [5.41, 5.74) is 0. The molecule has 2 rings (SSSR count). The molecule has 1 aromatic heterocycles. The summed E-state index contributed by atoms with van der Waals surface area (Å²) in [6, 6.07) is 1.96. The molecule has 0 amide bonds. The minimum atomic E-state index is -2.85. The molecule has 1 aliphatic heterocycles. The maximum Gasteiger partial charge on any atom is 0.150 e. The molecule has 1 N–H and O–H groups in total. The van der Waals surface area contributed by atoms with Crippen molar-refractivity contribution in [2.45, 2.75) is 25.8 Å². The molecule has 2 unspecified atom stereocenters. The van der Waals surface area contributed by atoms with Gasteiger partial charge >= 0.3 is 0 Å². The molecule has 1 aromatic rings. The lowest BCUT2D eigenvalue weighted by Gasteiger charge is -2.23. The first-order valence-corrected chi connectivity index (χ1v) is 9.28. The highest BCUT2D eigenvalue weighted by atomic mass is 35.5. The van der Waals surface area contributed by atoms with Crippen molar-refractivity contribution < 1.29 is 8.42 Å². The number of halogens is 1. The Morgan fingerprint density at radius 2 is 2.39 bits per heavy atom. The van der Waals surface area contributed by atoms with Crippen LogP contribution in [0.3, 0.4) is 0 Å². The van der Waals surface area contributed by atoms with Crippen molar-refractivity contribution in [3.8, 4) is 0 Å². The van der Waals surface area contributed by atoms with Crippen LogP contribution in [0.15, 0.2) is 11.4 Å². The van der Waals surface area contributed by atoms with Gasteiger partial charge in [0.05, 0.1) is 16.5 Å². The smallest absolute Gasteiger partial charge is 0.150 e. The van der Waals surface area contributed by atoms with Gasteiger partial charge in [-0.25, -0.2) is 8.42 Å². The predicted molar refractivity (Wildman–Crippen MR) is 77.1 cm³/mol. The Morgan fingerprint density at radius 1 is 1.61 bits per heavy atom. The maximum absolute atomic E-state index is 11.6. The number of hydrogen-bond donors (Lipinski definition) is 1. The Hall–Kier alpha value is -0.100. The molecule has 6 heteroatoms. The van der Waals surface area contributed by atoms with E-state index >= 15 is 0 Å². The molecule has 1 fully saturated rings. The van der Waals surface area contributed by atoms with Gasteiger partial charge in [0.2, 0.25) is 0 Å². The lowest BCUT2D eigenvalue weighted by atomic mass is 9.97. The van der Waals surface area contributed by atoms with Crippen LogP contribution in [-0.4, -0.2) is 26.5 Å². The zero-order valence-corrected chi connectivity index (χ0v) is 12.7. The summed E-state index contributed by atoms with van der Waals surface area (Å²) >= 11 is 7.79. The molecule has 18 heavy (non-hydrogen) atoms. The molecule has 0 saturated carbocycles. The van der Waals surface area contributed by atoms with E-state index in [1.807, 2.05) is 11.4 Å². The molecule has 2 atom stereocenters. The molecule has 0 radical (unpaired) electrons. The summed E-state index contributed by atoms with van der Waals surface area (Å²) in [6.45, 7) is 2.99. The van der Waals surface area contributed by atoms with Crippen LogP contribution < -0.4 is 5.32 Å². The molecule has 1 aliphatic rings. The standard InChI is InChI=1S/C12H18ClNO2S2/c1-2-5-14-11(12-10(13)3-6-17-12)9-4-7-18(15,16)8-9/h3,6,9,11,14H,2,4-5,7-8H2,1H3. The Balaban J connectivity index is 2.18. The minimum absolute atomic E-state index is 0.0784. The van der Waals surface area contributed by atoms with E-state index in [-0.39, 0.29) is 17.7 Å².